The molecule has 11 heteroatoms. The zero-order chi connectivity index (χ0) is 25.3. The van der Waals surface area contributed by atoms with Gasteiger partial charge in [0.1, 0.15) is 5.56 Å². The molecule has 1 heterocycles. The Kier molecular flexibility index (Phi) is 6.76. The summed E-state index contributed by atoms with van der Waals surface area (Å²) in [6.45, 7) is 5.59. The molecule has 34 heavy (non-hydrogen) atoms. The lowest BCUT2D eigenvalue weighted by Gasteiger charge is -2.17. The smallest absolute Gasteiger partial charge is 0.360 e. The summed E-state index contributed by atoms with van der Waals surface area (Å²) in [7, 11) is 0. The molecule has 3 aromatic rings. The molecule has 180 valence electrons. The largest absolute Gasteiger partial charge is 0.418 e. The van der Waals surface area contributed by atoms with Gasteiger partial charge in [-0.2, -0.15) is 26.3 Å². The Morgan fingerprint density at radius 1 is 1.00 bits per heavy atom. The van der Waals surface area contributed by atoms with Gasteiger partial charge in [-0.1, -0.05) is 26.0 Å². The van der Waals surface area contributed by atoms with Gasteiger partial charge in [0, 0.05) is 23.1 Å². The first-order valence-corrected chi connectivity index (χ1v) is 10.0. The fourth-order valence-electron chi connectivity index (χ4n) is 3.40. The number of allylic oxidation sites excluding steroid dienone is 1. The maximum absolute atomic E-state index is 13.6. The summed E-state index contributed by atoms with van der Waals surface area (Å²) in [4.78, 5) is 27.8. The zero-order valence-electron chi connectivity index (χ0n) is 17.7. The molecular formula is C23H19F6N3O2. The minimum absolute atomic E-state index is 0.0853. The van der Waals surface area contributed by atoms with Gasteiger partial charge in [0.25, 0.3) is 5.91 Å². The second-order valence-corrected chi connectivity index (χ2v) is 7.45. The van der Waals surface area contributed by atoms with Crippen LogP contribution < -0.4 is 16.1 Å². The van der Waals surface area contributed by atoms with Crippen LogP contribution in [0.3, 0.4) is 0 Å². The average molecular weight is 483 g/mol. The highest BCUT2D eigenvalue weighted by Crippen LogP contribution is 2.37. The number of H-pyrrole nitrogens is 1. The summed E-state index contributed by atoms with van der Waals surface area (Å²) in [5.41, 5.74) is -4.75. The molecule has 3 N–H and O–H groups in total. The maximum atomic E-state index is 13.6. The zero-order valence-corrected chi connectivity index (χ0v) is 17.7. The van der Waals surface area contributed by atoms with Gasteiger partial charge in [0.15, 0.2) is 0 Å². The van der Waals surface area contributed by atoms with Crippen molar-refractivity contribution in [2.24, 2.45) is 0 Å². The van der Waals surface area contributed by atoms with E-state index in [4.69, 9.17) is 0 Å². The first-order valence-electron chi connectivity index (χ1n) is 10.0. The number of halogens is 6. The van der Waals surface area contributed by atoms with Crippen LogP contribution in [0.25, 0.3) is 10.9 Å². The van der Waals surface area contributed by atoms with Gasteiger partial charge in [-0.15, -0.1) is 0 Å². The Labute approximate surface area is 189 Å². The van der Waals surface area contributed by atoms with Gasteiger partial charge in [-0.25, -0.2) is 0 Å². The third-order valence-corrected chi connectivity index (χ3v) is 4.90. The van der Waals surface area contributed by atoms with Gasteiger partial charge in [-0.05, 0) is 36.8 Å². The second kappa shape index (κ2) is 9.24. The highest BCUT2D eigenvalue weighted by Gasteiger charge is 2.36. The number of pyridine rings is 1. The Morgan fingerprint density at radius 2 is 1.68 bits per heavy atom. The van der Waals surface area contributed by atoms with Crippen LogP contribution in [0.4, 0.5) is 37.7 Å². The van der Waals surface area contributed by atoms with E-state index in [2.05, 4.69) is 16.9 Å². The minimum atomic E-state index is -4.88. The van der Waals surface area contributed by atoms with Gasteiger partial charge < -0.3 is 15.6 Å². The lowest BCUT2D eigenvalue weighted by molar-refractivity contribution is -0.137. The number of aromatic amines is 1. The van der Waals surface area contributed by atoms with E-state index in [1.165, 1.54) is 12.1 Å². The molecule has 0 saturated carbocycles. The number of carbonyl (C=O) groups is 1. The first-order chi connectivity index (χ1) is 15.8. The van der Waals surface area contributed by atoms with Gasteiger partial charge in [-0.3, -0.25) is 9.59 Å². The topological polar surface area (TPSA) is 74.0 Å². The van der Waals surface area contributed by atoms with E-state index in [1.807, 2.05) is 12.2 Å². The molecule has 0 saturated heterocycles. The number of fused-ring (bicyclic) bond motifs is 1. The highest BCUT2D eigenvalue weighted by atomic mass is 19.4. The van der Waals surface area contributed by atoms with Crippen LogP contribution in [0.1, 0.15) is 41.3 Å². The molecule has 0 bridgehead atoms. The van der Waals surface area contributed by atoms with Gasteiger partial charge >= 0.3 is 12.4 Å². The van der Waals surface area contributed by atoms with Gasteiger partial charge in [0.2, 0.25) is 5.43 Å². The molecule has 1 amide bonds. The van der Waals surface area contributed by atoms with E-state index in [0.717, 1.165) is 30.8 Å². The molecule has 0 radical (unpaired) electrons. The molecule has 5 nitrogen and oxygen atoms in total. The van der Waals surface area contributed by atoms with Crippen molar-refractivity contribution >= 4 is 28.2 Å². The van der Waals surface area contributed by atoms with E-state index in [9.17, 15) is 35.9 Å². The standard InChI is InChI=1S/C23H19F6N3O2/c1-3-5-12(2)31-13-8-9-17(16(10-13)23(27,28)29)32-21(34)14-11-30-18-7-4-6-15(22(24,25)26)19(18)20(14)33/h4,6-11,31H,2-3,5H2,1H3,(H,30,33)(H,32,34). The van der Waals surface area contributed by atoms with E-state index >= 15 is 0 Å². The molecule has 0 fully saturated rings. The van der Waals surface area contributed by atoms with E-state index in [-0.39, 0.29) is 11.2 Å². The summed E-state index contributed by atoms with van der Waals surface area (Å²) < 4.78 is 81.0. The third-order valence-electron chi connectivity index (χ3n) is 4.90. The van der Waals surface area contributed by atoms with E-state index in [0.29, 0.717) is 18.2 Å². The maximum Gasteiger partial charge on any atom is 0.418 e. The SMILES string of the molecule is C=C(CCC)Nc1ccc(NC(=O)c2c[nH]c3cccc(C(F)(F)F)c3c2=O)c(C(F)(F)F)c1. The summed E-state index contributed by atoms with van der Waals surface area (Å²) in [5, 5.41) is 3.96. The van der Waals surface area contributed by atoms with Crippen LogP contribution >= 0.6 is 0 Å². The Balaban J connectivity index is 2.02. The summed E-state index contributed by atoms with van der Waals surface area (Å²) in [6, 6.07) is 6.01. The number of hydrogen-bond donors (Lipinski definition) is 3. The normalized spacial score (nSPS) is 12.0. The van der Waals surface area contributed by atoms with Gasteiger partial charge in [0.05, 0.1) is 22.2 Å². The molecule has 0 atom stereocenters. The van der Waals surface area contributed by atoms with Crippen molar-refractivity contribution in [3.8, 4) is 0 Å². The number of alkyl halides is 6. The number of amides is 1. The second-order valence-electron chi connectivity index (χ2n) is 7.45. The molecule has 0 unspecified atom stereocenters. The molecule has 1 aromatic heterocycles. The number of nitrogens with one attached hydrogen (secondary N) is 3. The highest BCUT2D eigenvalue weighted by molar-refractivity contribution is 6.06. The summed E-state index contributed by atoms with van der Waals surface area (Å²) in [5.74, 6) is -1.29. The predicted octanol–water partition coefficient (Wildman–Crippen LogP) is 6.54. The van der Waals surface area contributed by atoms with Crippen molar-refractivity contribution < 1.29 is 31.1 Å². The van der Waals surface area contributed by atoms with Crippen LogP contribution in [0.15, 0.2) is 59.7 Å². The molecular weight excluding hydrogens is 464 g/mol. The van der Waals surface area contributed by atoms with Crippen molar-refractivity contribution in [1.82, 2.24) is 4.98 Å². The Morgan fingerprint density at radius 3 is 2.29 bits per heavy atom. The fraction of sp³-hybridized carbons (Fsp3) is 0.217. The number of hydrogen-bond acceptors (Lipinski definition) is 3. The number of benzene rings is 2. The molecule has 0 spiro atoms. The quantitative estimate of drug-likeness (QED) is 0.349. The first kappa shape index (κ1) is 24.9. The number of anilines is 2. The summed E-state index contributed by atoms with van der Waals surface area (Å²) >= 11 is 0. The van der Waals surface area contributed by atoms with E-state index < -0.39 is 51.5 Å². The molecule has 0 aliphatic rings. The van der Waals surface area contributed by atoms with Crippen LogP contribution in [0.2, 0.25) is 0 Å². The molecule has 2 aromatic carbocycles. The van der Waals surface area contributed by atoms with Crippen molar-refractivity contribution in [2.45, 2.75) is 32.1 Å². The van der Waals surface area contributed by atoms with Crippen LogP contribution in [0.5, 0.6) is 0 Å². The average Bonchev–Trinajstić information content (AvgIpc) is 2.73. The van der Waals surface area contributed by atoms with Crippen LogP contribution in [-0.2, 0) is 12.4 Å². The lowest BCUT2D eigenvalue weighted by atomic mass is 10.0. The van der Waals surface area contributed by atoms with Crippen LogP contribution in [0, 0.1) is 0 Å². The number of rotatable bonds is 6. The fourth-order valence-corrected chi connectivity index (χ4v) is 3.40. The molecule has 0 aliphatic carbocycles. The molecule has 0 aliphatic heterocycles. The van der Waals surface area contributed by atoms with Crippen LogP contribution in [-0.4, -0.2) is 10.9 Å². The van der Waals surface area contributed by atoms with E-state index in [1.54, 1.807) is 0 Å². The monoisotopic (exact) mass is 483 g/mol. The minimum Gasteiger partial charge on any atom is -0.360 e. The number of aromatic nitrogens is 1. The van der Waals surface area contributed by atoms with Crippen molar-refractivity contribution in [1.29, 1.82) is 0 Å². The molecule has 3 rings (SSSR count). The predicted molar refractivity (Wildman–Crippen MR) is 117 cm³/mol. The summed E-state index contributed by atoms with van der Waals surface area (Å²) in [6.07, 6.45) is -7.63. The van der Waals surface area contributed by atoms with Crippen molar-refractivity contribution in [3.05, 3.63) is 81.8 Å². The number of carbonyl (C=O) groups excluding carboxylic acids is 1. The van der Waals surface area contributed by atoms with Crippen molar-refractivity contribution in [2.75, 3.05) is 10.6 Å². The Hall–Kier alpha value is -3.76. The lowest BCUT2D eigenvalue weighted by Crippen LogP contribution is -2.25. The Bertz CT molecular complexity index is 1310. The third kappa shape index (κ3) is 5.24. The van der Waals surface area contributed by atoms with Crippen molar-refractivity contribution in [3.63, 3.8) is 0 Å².